The zero-order valence-electron chi connectivity index (χ0n) is 14.1. The minimum Gasteiger partial charge on any atom is -0.335 e. The number of aryl methyl sites for hydroxylation is 1. The molecule has 2 aromatic rings. The number of hydrogen-bond donors (Lipinski definition) is 0. The number of halogens is 2. The molecule has 0 saturated carbocycles. The number of aromatic nitrogens is 3. The third-order valence-electron chi connectivity index (χ3n) is 4.24. The van der Waals surface area contributed by atoms with Gasteiger partial charge in [-0.3, -0.25) is 4.79 Å². The second-order valence-electron chi connectivity index (χ2n) is 6.23. The van der Waals surface area contributed by atoms with E-state index >= 15 is 0 Å². The molecule has 1 aliphatic heterocycles. The predicted molar refractivity (Wildman–Crippen MR) is 99.5 cm³/mol. The first-order valence-electron chi connectivity index (χ1n) is 8.33. The van der Waals surface area contributed by atoms with Crippen LogP contribution in [0.25, 0.3) is 6.08 Å². The lowest BCUT2D eigenvalue weighted by Gasteiger charge is -2.15. The summed E-state index contributed by atoms with van der Waals surface area (Å²) in [6.45, 7) is 1.36. The number of likely N-dealkylation sites (N-methyl/N-ethyl adjacent to an activating group) is 1. The zero-order valence-corrected chi connectivity index (χ0v) is 15.6. The summed E-state index contributed by atoms with van der Waals surface area (Å²) >= 11 is 11.9. The van der Waals surface area contributed by atoms with E-state index in [1.54, 1.807) is 36.2 Å². The van der Waals surface area contributed by atoms with Gasteiger partial charge in [0.1, 0.15) is 5.82 Å². The molecule has 1 aliphatic rings. The lowest BCUT2D eigenvalue weighted by atomic mass is 10.2. The average Bonchev–Trinajstić information content (AvgIpc) is 2.79. The van der Waals surface area contributed by atoms with Crippen LogP contribution >= 0.6 is 23.2 Å². The van der Waals surface area contributed by atoms with E-state index in [0.717, 1.165) is 43.0 Å². The molecule has 7 heteroatoms. The number of hydrogen-bond acceptors (Lipinski definition) is 3. The van der Waals surface area contributed by atoms with E-state index in [1.807, 2.05) is 0 Å². The Labute approximate surface area is 157 Å². The average molecular weight is 379 g/mol. The number of carbonyl (C=O) groups is 1. The number of amides is 1. The van der Waals surface area contributed by atoms with Crippen molar-refractivity contribution in [2.75, 3.05) is 7.05 Å². The van der Waals surface area contributed by atoms with Crippen LogP contribution in [-0.2, 0) is 24.3 Å². The number of rotatable bonds is 4. The molecule has 0 atom stereocenters. The van der Waals surface area contributed by atoms with E-state index in [2.05, 4.69) is 14.8 Å². The third-order valence-corrected chi connectivity index (χ3v) is 4.68. The Hall–Kier alpha value is -1.85. The van der Waals surface area contributed by atoms with Crippen molar-refractivity contribution < 1.29 is 4.79 Å². The highest BCUT2D eigenvalue weighted by Crippen LogP contribution is 2.20. The predicted octanol–water partition coefficient (Wildman–Crippen LogP) is 3.98. The van der Waals surface area contributed by atoms with E-state index < -0.39 is 0 Å². The van der Waals surface area contributed by atoms with Crippen molar-refractivity contribution in [1.82, 2.24) is 19.7 Å². The molecule has 25 heavy (non-hydrogen) atoms. The lowest BCUT2D eigenvalue weighted by Crippen LogP contribution is -2.26. The minimum atomic E-state index is -0.109. The Morgan fingerprint density at radius 2 is 1.96 bits per heavy atom. The van der Waals surface area contributed by atoms with Crippen molar-refractivity contribution in [2.24, 2.45) is 0 Å². The maximum atomic E-state index is 12.4. The van der Waals surface area contributed by atoms with Crippen molar-refractivity contribution in [2.45, 2.75) is 38.8 Å². The molecule has 2 heterocycles. The Kier molecular flexibility index (Phi) is 5.76. The van der Waals surface area contributed by atoms with Gasteiger partial charge in [-0.15, -0.1) is 10.2 Å². The van der Waals surface area contributed by atoms with Crippen LogP contribution in [0.3, 0.4) is 0 Å². The van der Waals surface area contributed by atoms with Gasteiger partial charge in [-0.1, -0.05) is 29.6 Å². The highest BCUT2D eigenvalue weighted by Gasteiger charge is 2.17. The summed E-state index contributed by atoms with van der Waals surface area (Å²) in [7, 11) is 1.76. The normalized spacial score (nSPS) is 14.4. The minimum absolute atomic E-state index is 0.109. The molecule has 0 fully saturated rings. The maximum Gasteiger partial charge on any atom is 0.246 e. The molecule has 0 spiro atoms. The first-order chi connectivity index (χ1) is 12.0. The number of carbonyl (C=O) groups excluding carboxylic acids is 1. The van der Waals surface area contributed by atoms with Crippen LogP contribution in [0.2, 0.25) is 10.0 Å². The Morgan fingerprint density at radius 1 is 1.20 bits per heavy atom. The lowest BCUT2D eigenvalue weighted by molar-refractivity contribution is -0.125. The van der Waals surface area contributed by atoms with E-state index in [-0.39, 0.29) is 5.91 Å². The van der Waals surface area contributed by atoms with Crippen LogP contribution < -0.4 is 0 Å². The van der Waals surface area contributed by atoms with Crippen LogP contribution in [0, 0.1) is 0 Å². The summed E-state index contributed by atoms with van der Waals surface area (Å²) < 4.78 is 2.15. The molecule has 0 saturated heterocycles. The first-order valence-corrected chi connectivity index (χ1v) is 9.09. The van der Waals surface area contributed by atoms with Crippen LogP contribution in [0.4, 0.5) is 0 Å². The monoisotopic (exact) mass is 378 g/mol. The zero-order chi connectivity index (χ0) is 17.8. The van der Waals surface area contributed by atoms with Crippen LogP contribution in [-0.4, -0.2) is 32.6 Å². The van der Waals surface area contributed by atoms with Gasteiger partial charge in [0.2, 0.25) is 5.91 Å². The Morgan fingerprint density at radius 3 is 2.72 bits per heavy atom. The summed E-state index contributed by atoms with van der Waals surface area (Å²) in [6.07, 6.45) is 7.67. The van der Waals surface area contributed by atoms with Crippen LogP contribution in [0.15, 0.2) is 24.3 Å². The molecule has 0 N–H and O–H groups in total. The second kappa shape index (κ2) is 8.02. The standard InChI is InChI=1S/C18H20Cl2N4O/c1-23(12-17-22-21-16-5-3-2-4-8-24(16)17)18(25)7-6-13-9-14(19)11-15(20)10-13/h6-7,9-11H,2-5,8,12H2,1H3/b7-6+. The van der Waals surface area contributed by atoms with Crippen molar-refractivity contribution >= 4 is 35.2 Å². The summed E-state index contributed by atoms with van der Waals surface area (Å²) in [5.74, 6) is 1.76. The smallest absolute Gasteiger partial charge is 0.246 e. The SMILES string of the molecule is CN(Cc1nnc2n1CCCCC2)C(=O)/C=C/c1cc(Cl)cc(Cl)c1. The number of nitrogens with zero attached hydrogens (tertiary/aromatic N) is 4. The second-order valence-corrected chi connectivity index (χ2v) is 7.10. The molecule has 0 aliphatic carbocycles. The van der Waals surface area contributed by atoms with Gasteiger partial charge in [0.05, 0.1) is 6.54 Å². The molecular weight excluding hydrogens is 359 g/mol. The van der Waals surface area contributed by atoms with Crippen molar-refractivity contribution in [1.29, 1.82) is 0 Å². The van der Waals surface area contributed by atoms with E-state index in [4.69, 9.17) is 23.2 Å². The molecule has 1 amide bonds. The van der Waals surface area contributed by atoms with Crippen molar-refractivity contribution in [3.05, 3.63) is 51.5 Å². The molecule has 3 rings (SSSR count). The van der Waals surface area contributed by atoms with Gasteiger partial charge in [-0.05, 0) is 42.7 Å². The highest BCUT2D eigenvalue weighted by molar-refractivity contribution is 6.34. The van der Waals surface area contributed by atoms with Gasteiger partial charge in [0.15, 0.2) is 5.82 Å². The quantitative estimate of drug-likeness (QED) is 0.755. The maximum absolute atomic E-state index is 12.4. The van der Waals surface area contributed by atoms with Gasteiger partial charge in [0.25, 0.3) is 0 Å². The molecule has 0 unspecified atom stereocenters. The van der Waals surface area contributed by atoms with Crippen LogP contribution in [0.5, 0.6) is 0 Å². The van der Waals surface area contributed by atoms with Gasteiger partial charge < -0.3 is 9.47 Å². The van der Waals surface area contributed by atoms with Gasteiger partial charge in [0, 0.05) is 36.1 Å². The Bertz CT molecular complexity index is 780. The number of fused-ring (bicyclic) bond motifs is 1. The molecule has 5 nitrogen and oxygen atoms in total. The fraction of sp³-hybridized carbons (Fsp3) is 0.389. The summed E-state index contributed by atoms with van der Waals surface area (Å²) in [5, 5.41) is 9.61. The van der Waals surface area contributed by atoms with Crippen molar-refractivity contribution in [3.63, 3.8) is 0 Å². The molecule has 1 aromatic carbocycles. The first kappa shape index (κ1) is 18.0. The van der Waals surface area contributed by atoms with E-state index in [9.17, 15) is 4.79 Å². The highest BCUT2D eigenvalue weighted by atomic mass is 35.5. The summed E-state index contributed by atoms with van der Waals surface area (Å²) in [6, 6.07) is 5.18. The van der Waals surface area contributed by atoms with Crippen LogP contribution in [0.1, 0.15) is 36.5 Å². The molecule has 1 aromatic heterocycles. The van der Waals surface area contributed by atoms with E-state index in [1.165, 1.54) is 12.5 Å². The summed E-state index contributed by atoms with van der Waals surface area (Å²) in [5.41, 5.74) is 0.788. The van der Waals surface area contributed by atoms with Gasteiger partial charge >= 0.3 is 0 Å². The number of benzene rings is 1. The fourth-order valence-corrected chi connectivity index (χ4v) is 3.46. The topological polar surface area (TPSA) is 51.0 Å². The van der Waals surface area contributed by atoms with Gasteiger partial charge in [-0.25, -0.2) is 0 Å². The molecular formula is C18H20Cl2N4O. The van der Waals surface area contributed by atoms with Gasteiger partial charge in [-0.2, -0.15) is 0 Å². The fourth-order valence-electron chi connectivity index (χ4n) is 2.92. The molecule has 0 bridgehead atoms. The van der Waals surface area contributed by atoms with E-state index in [0.29, 0.717) is 16.6 Å². The Balaban J connectivity index is 1.67. The molecule has 132 valence electrons. The molecule has 0 radical (unpaired) electrons. The third kappa shape index (κ3) is 4.61. The largest absolute Gasteiger partial charge is 0.335 e. The summed E-state index contributed by atoms with van der Waals surface area (Å²) in [4.78, 5) is 14.0. The van der Waals surface area contributed by atoms with Crippen molar-refractivity contribution in [3.8, 4) is 0 Å².